The van der Waals surface area contributed by atoms with Gasteiger partial charge in [-0.1, -0.05) is 17.7 Å². The number of aliphatic hydroxyl groups excluding tert-OH is 1. The first-order chi connectivity index (χ1) is 17.3. The smallest absolute Gasteiger partial charge is 0.185 e. The van der Waals surface area contributed by atoms with Crippen LogP contribution in [0.25, 0.3) is 10.9 Å². The lowest BCUT2D eigenvalue weighted by molar-refractivity contribution is 0.0950. The Hall–Kier alpha value is -3.69. The van der Waals surface area contributed by atoms with Crippen molar-refractivity contribution >= 4 is 41.8 Å². The van der Waals surface area contributed by atoms with E-state index in [0.29, 0.717) is 38.7 Å². The van der Waals surface area contributed by atoms with E-state index in [2.05, 4.69) is 10.3 Å². The van der Waals surface area contributed by atoms with Gasteiger partial charge in [0, 0.05) is 57.1 Å². The van der Waals surface area contributed by atoms with Gasteiger partial charge >= 0.3 is 0 Å². The molecule has 10 heteroatoms. The van der Waals surface area contributed by atoms with Crippen molar-refractivity contribution in [2.75, 3.05) is 32.8 Å². The number of ether oxygens (including phenoxy) is 3. The number of hydrogen-bond donors (Lipinski definition) is 3. The standard InChI is InChI=1S/C26H23BClFN2O5/c1-34-18-11-17(12-19(13-18)36-8-7-32)31-26(27,22-6-3-15(28)9-24(22)35-2)25(33)21-14-30-23-10-16(29)4-5-20(21)23/h3-6,9-14,30-32H,7-8H2,1-2H3. The number of hydrogen-bond acceptors (Lipinski definition) is 6. The maximum Gasteiger partial charge on any atom is 0.185 e. The van der Waals surface area contributed by atoms with Crippen molar-refractivity contribution in [3.63, 3.8) is 0 Å². The van der Waals surface area contributed by atoms with Crippen LogP contribution in [-0.2, 0) is 5.44 Å². The van der Waals surface area contributed by atoms with Gasteiger partial charge in [0.15, 0.2) is 5.78 Å². The second-order valence-corrected chi connectivity index (χ2v) is 8.40. The number of carbonyl (C=O) groups is 1. The monoisotopic (exact) mass is 508 g/mol. The Labute approximate surface area is 213 Å². The highest BCUT2D eigenvalue weighted by molar-refractivity contribution is 6.36. The van der Waals surface area contributed by atoms with Crippen molar-refractivity contribution in [1.82, 2.24) is 4.98 Å². The van der Waals surface area contributed by atoms with Gasteiger partial charge in [0.1, 0.15) is 37.5 Å². The minimum atomic E-state index is -1.86. The average Bonchev–Trinajstić information content (AvgIpc) is 3.29. The Kier molecular flexibility index (Phi) is 7.42. The lowest BCUT2D eigenvalue weighted by atomic mass is 9.66. The van der Waals surface area contributed by atoms with Gasteiger partial charge in [0.05, 0.1) is 26.3 Å². The molecule has 3 aromatic carbocycles. The van der Waals surface area contributed by atoms with Gasteiger partial charge < -0.3 is 29.6 Å². The number of anilines is 1. The Morgan fingerprint density at radius 3 is 2.61 bits per heavy atom. The minimum absolute atomic E-state index is 0.0657. The SMILES string of the molecule is [B]C(Nc1cc(OC)cc(OCCO)c1)(C(=O)c1c[nH]c2cc(F)ccc12)c1ccc(Cl)cc1OC. The maximum absolute atomic E-state index is 14.1. The molecule has 0 spiro atoms. The van der Waals surface area contributed by atoms with Crippen LogP contribution in [0.1, 0.15) is 15.9 Å². The molecule has 2 radical (unpaired) electrons. The zero-order chi connectivity index (χ0) is 25.9. The zero-order valence-corrected chi connectivity index (χ0v) is 20.4. The second kappa shape index (κ2) is 10.5. The topological polar surface area (TPSA) is 92.8 Å². The van der Waals surface area contributed by atoms with Gasteiger partial charge in [-0.05, 0) is 30.3 Å². The van der Waals surface area contributed by atoms with Crippen molar-refractivity contribution < 1.29 is 28.5 Å². The number of halogens is 2. The quantitative estimate of drug-likeness (QED) is 0.213. The van der Waals surface area contributed by atoms with E-state index in [1.807, 2.05) is 0 Å². The molecule has 0 fully saturated rings. The van der Waals surface area contributed by atoms with Gasteiger partial charge in [-0.15, -0.1) is 0 Å². The first-order valence-electron chi connectivity index (χ1n) is 10.9. The molecule has 3 N–H and O–H groups in total. The van der Waals surface area contributed by atoms with E-state index in [0.717, 1.165) is 0 Å². The van der Waals surface area contributed by atoms with Crippen LogP contribution in [0.2, 0.25) is 5.02 Å². The summed E-state index contributed by atoms with van der Waals surface area (Å²) in [6.07, 6.45) is 1.49. The average molecular weight is 509 g/mol. The summed E-state index contributed by atoms with van der Waals surface area (Å²) in [7, 11) is 9.82. The molecule has 1 aromatic heterocycles. The predicted octanol–water partition coefficient (Wildman–Crippen LogP) is 4.67. The molecule has 1 unspecified atom stereocenters. The van der Waals surface area contributed by atoms with E-state index < -0.39 is 17.0 Å². The molecule has 184 valence electrons. The Balaban J connectivity index is 1.87. The first kappa shape index (κ1) is 25.4. The lowest BCUT2D eigenvalue weighted by Gasteiger charge is -2.33. The lowest BCUT2D eigenvalue weighted by Crippen LogP contribution is -2.44. The van der Waals surface area contributed by atoms with E-state index >= 15 is 0 Å². The summed E-state index contributed by atoms with van der Waals surface area (Å²) in [4.78, 5) is 17.0. The number of nitrogens with one attached hydrogen (secondary N) is 2. The third-order valence-electron chi connectivity index (χ3n) is 5.65. The molecular weight excluding hydrogens is 486 g/mol. The molecule has 0 aliphatic heterocycles. The highest BCUT2D eigenvalue weighted by atomic mass is 35.5. The molecule has 1 heterocycles. The van der Waals surface area contributed by atoms with Crippen LogP contribution in [0.15, 0.2) is 60.8 Å². The van der Waals surface area contributed by atoms with Gasteiger partial charge in [0.2, 0.25) is 0 Å². The number of benzene rings is 3. The van der Waals surface area contributed by atoms with Crippen molar-refractivity contribution in [2.24, 2.45) is 0 Å². The van der Waals surface area contributed by atoms with Crippen LogP contribution in [-0.4, -0.2) is 51.2 Å². The largest absolute Gasteiger partial charge is 0.497 e. The molecule has 7 nitrogen and oxygen atoms in total. The zero-order valence-electron chi connectivity index (χ0n) is 19.6. The number of carbonyl (C=O) groups excluding carboxylic acids is 1. The fourth-order valence-corrected chi connectivity index (χ4v) is 4.13. The number of rotatable bonds is 10. The van der Waals surface area contributed by atoms with E-state index in [-0.39, 0.29) is 24.5 Å². The molecule has 0 bridgehead atoms. The van der Waals surface area contributed by atoms with Crippen LogP contribution < -0.4 is 19.5 Å². The van der Waals surface area contributed by atoms with E-state index in [1.54, 1.807) is 36.4 Å². The number of fused-ring (bicyclic) bond motifs is 1. The number of aromatic amines is 1. The van der Waals surface area contributed by atoms with Gasteiger partial charge in [-0.2, -0.15) is 0 Å². The predicted molar refractivity (Wildman–Crippen MR) is 137 cm³/mol. The molecule has 0 amide bonds. The van der Waals surface area contributed by atoms with Crippen LogP contribution in [0.5, 0.6) is 17.2 Å². The number of ketones is 1. The van der Waals surface area contributed by atoms with Gasteiger partial charge in [-0.25, -0.2) is 4.39 Å². The third-order valence-corrected chi connectivity index (χ3v) is 5.89. The minimum Gasteiger partial charge on any atom is -0.497 e. The summed E-state index contributed by atoms with van der Waals surface area (Å²) in [5, 5.41) is 13.1. The summed E-state index contributed by atoms with van der Waals surface area (Å²) in [5.41, 5.74) is -0.445. The Bertz CT molecular complexity index is 1410. The van der Waals surface area contributed by atoms with E-state index in [9.17, 15) is 9.18 Å². The fraction of sp³-hybridized carbons (Fsp3) is 0.192. The summed E-state index contributed by atoms with van der Waals surface area (Å²) in [6.45, 7) is -0.112. The highest BCUT2D eigenvalue weighted by Crippen LogP contribution is 2.38. The molecule has 1 atom stereocenters. The highest BCUT2D eigenvalue weighted by Gasteiger charge is 2.39. The summed E-state index contributed by atoms with van der Waals surface area (Å²) in [6, 6.07) is 13.7. The number of aliphatic hydroxyl groups is 1. The molecule has 0 aliphatic rings. The van der Waals surface area contributed by atoms with Crippen molar-refractivity contribution in [2.45, 2.75) is 5.44 Å². The van der Waals surface area contributed by atoms with Gasteiger partial charge in [-0.3, -0.25) is 4.79 Å². The number of methoxy groups -OCH3 is 2. The molecule has 0 saturated carbocycles. The fourth-order valence-electron chi connectivity index (χ4n) is 3.97. The van der Waals surface area contributed by atoms with Crippen LogP contribution in [0, 0.1) is 5.82 Å². The van der Waals surface area contributed by atoms with E-state index in [1.165, 1.54) is 38.6 Å². The molecule has 0 aliphatic carbocycles. The Morgan fingerprint density at radius 2 is 1.89 bits per heavy atom. The third kappa shape index (κ3) is 4.98. The maximum atomic E-state index is 14.1. The second-order valence-electron chi connectivity index (χ2n) is 7.97. The first-order valence-corrected chi connectivity index (χ1v) is 11.3. The molecular formula is C26H23BClFN2O5. The number of Topliss-reactive ketones (excluding diaryl/α,β-unsaturated/α-hetero) is 1. The molecule has 4 rings (SSSR count). The number of H-pyrrole nitrogens is 1. The normalized spacial score (nSPS) is 12.7. The molecule has 0 saturated heterocycles. The van der Waals surface area contributed by atoms with Crippen molar-refractivity contribution in [1.29, 1.82) is 0 Å². The summed E-state index contributed by atoms with van der Waals surface area (Å²) in [5.74, 6) is 0.171. The van der Waals surface area contributed by atoms with Gasteiger partial charge in [0.25, 0.3) is 0 Å². The summed E-state index contributed by atoms with van der Waals surface area (Å²) < 4.78 is 30.2. The van der Waals surface area contributed by atoms with Crippen molar-refractivity contribution in [3.8, 4) is 17.2 Å². The van der Waals surface area contributed by atoms with Crippen LogP contribution in [0.4, 0.5) is 10.1 Å². The van der Waals surface area contributed by atoms with Crippen LogP contribution >= 0.6 is 11.6 Å². The van der Waals surface area contributed by atoms with Crippen LogP contribution in [0.3, 0.4) is 0 Å². The van der Waals surface area contributed by atoms with Crippen molar-refractivity contribution in [3.05, 3.63) is 82.8 Å². The Morgan fingerprint density at radius 1 is 1.11 bits per heavy atom. The van der Waals surface area contributed by atoms with E-state index in [4.69, 9.17) is 38.8 Å². The number of aromatic nitrogens is 1. The molecule has 4 aromatic rings. The molecule has 36 heavy (non-hydrogen) atoms. The summed E-state index contributed by atoms with van der Waals surface area (Å²) >= 11 is 6.17.